The Morgan fingerprint density at radius 1 is 0.234 bits per heavy atom. The molecule has 47 heavy (non-hydrogen) atoms. The van der Waals surface area contributed by atoms with Crippen LogP contribution in [0.4, 0.5) is 127 Å². The Balaban J connectivity index is 6.73. The zero-order chi connectivity index (χ0) is 39.1. The Morgan fingerprint density at radius 2 is 0.426 bits per heavy atom. The quantitative estimate of drug-likeness (QED) is 0.169. The van der Waals surface area contributed by atoms with E-state index in [1.54, 1.807) is 0 Å². The van der Waals surface area contributed by atoms with E-state index in [1.165, 1.54) is 0 Å². The van der Waals surface area contributed by atoms with Crippen LogP contribution in [-0.2, 0) is 14.2 Å². The average Bonchev–Trinajstić information content (AvgIpc) is 2.74. The van der Waals surface area contributed by atoms with Crippen LogP contribution in [0.3, 0.4) is 0 Å². The highest BCUT2D eigenvalue weighted by Gasteiger charge is 2.91. The summed E-state index contributed by atoms with van der Waals surface area (Å²) < 4.78 is 377. The molecular weight excluding hydrogens is 783 g/mol. The highest BCUT2D eigenvalue weighted by molar-refractivity contribution is 5.05. The van der Waals surface area contributed by atoms with Crippen LogP contribution in [-0.4, -0.2) is 89.6 Å². The number of halogens is 29. The number of hydrogen-bond donors (Lipinski definition) is 1. The van der Waals surface area contributed by atoms with Crippen molar-refractivity contribution in [3.8, 4) is 0 Å². The molecule has 0 bridgehead atoms. The summed E-state index contributed by atoms with van der Waals surface area (Å²) in [5.41, 5.74) is 0. The fourth-order valence-corrected chi connectivity index (χ4v) is 1.94. The monoisotopic (exact) mass is 784 g/mol. The lowest BCUT2D eigenvalue weighted by Gasteiger charge is -2.40. The second-order valence-corrected chi connectivity index (χ2v) is 7.89. The second kappa shape index (κ2) is 11.2. The van der Waals surface area contributed by atoms with Crippen LogP contribution in [0.15, 0.2) is 0 Å². The van der Waals surface area contributed by atoms with E-state index >= 15 is 0 Å². The van der Waals surface area contributed by atoms with Crippen LogP contribution in [0.25, 0.3) is 0 Å². The van der Waals surface area contributed by atoms with Gasteiger partial charge in [0, 0.05) is 0 Å². The first-order chi connectivity index (χ1) is 19.6. The Kier molecular flexibility index (Phi) is 10.6. The molecule has 0 saturated carbocycles. The molecule has 0 aromatic heterocycles. The molecule has 0 unspecified atom stereocenters. The average molecular weight is 784 g/mol. The van der Waals surface area contributed by atoms with Gasteiger partial charge in [0.15, 0.2) is 0 Å². The lowest BCUT2D eigenvalue weighted by atomic mass is 10.0. The van der Waals surface area contributed by atoms with Crippen LogP contribution >= 0.6 is 0 Å². The van der Waals surface area contributed by atoms with E-state index in [1.807, 2.05) is 0 Å². The van der Waals surface area contributed by atoms with E-state index < -0.39 is 84.5 Å². The maximum Gasteiger partial charge on any atom is 0.460 e. The molecule has 0 amide bonds. The zero-order valence-electron chi connectivity index (χ0n) is 19.6. The first kappa shape index (κ1) is 44.8. The highest BCUT2D eigenvalue weighted by Crippen LogP contribution is 2.61. The van der Waals surface area contributed by atoms with E-state index in [9.17, 15) is 127 Å². The Morgan fingerprint density at radius 3 is 0.617 bits per heavy atom. The summed E-state index contributed by atoms with van der Waals surface area (Å²) in [4.78, 5) is 0. The van der Waals surface area contributed by atoms with Crippen LogP contribution < -0.4 is 0 Å². The molecule has 0 spiro atoms. The van der Waals surface area contributed by atoms with Crippen molar-refractivity contribution in [1.82, 2.24) is 0 Å². The van der Waals surface area contributed by atoms with Gasteiger partial charge in [-0.05, 0) is 0 Å². The van der Waals surface area contributed by atoms with Gasteiger partial charge in [-0.3, -0.25) is 0 Å². The predicted molar refractivity (Wildman–Crippen MR) is 75.8 cm³/mol. The minimum Gasteiger partial charge on any atom is -0.331 e. The normalized spacial score (nSPS) is 17.0. The molecule has 0 rings (SSSR count). The van der Waals surface area contributed by atoms with Crippen molar-refractivity contribution in [3.05, 3.63) is 0 Å². The van der Waals surface area contributed by atoms with Crippen molar-refractivity contribution in [3.63, 3.8) is 0 Å². The smallest absolute Gasteiger partial charge is 0.331 e. The molecule has 4 nitrogen and oxygen atoms in total. The summed E-state index contributed by atoms with van der Waals surface area (Å²) in [5.74, 6) is -51.9. The third kappa shape index (κ3) is 6.84. The van der Waals surface area contributed by atoms with Crippen molar-refractivity contribution >= 4 is 0 Å². The van der Waals surface area contributed by atoms with Gasteiger partial charge in [-0.2, -0.15) is 127 Å². The molecule has 0 aromatic carbocycles. The summed E-state index contributed by atoms with van der Waals surface area (Å²) in [7, 11) is 0. The largest absolute Gasteiger partial charge is 0.460 e. The fraction of sp³-hybridized carbons (Fsp3) is 1.00. The van der Waals surface area contributed by atoms with Crippen molar-refractivity contribution in [2.45, 2.75) is 84.5 Å². The molecule has 0 aliphatic heterocycles. The standard InChI is InChI=1S/C14HF29O4/c15-1(16,2(17,18)7(27,28)29)3(19,20)9(32,33)45-11(36,37)5(23,24)13(40,41)47-14(42,43)6(25,26)12(38,39)46-10(34,35)4(21,22)8(30,31)44/h44H. The first-order valence-electron chi connectivity index (χ1n) is 9.43. The summed E-state index contributed by atoms with van der Waals surface area (Å²) in [6.07, 6.45) is -67.0. The Labute approximate surface area is 232 Å². The predicted octanol–water partition coefficient (Wildman–Crippen LogP) is 8.55. The molecule has 0 heterocycles. The third-order valence-electron chi connectivity index (χ3n) is 4.48. The molecule has 0 aliphatic rings. The van der Waals surface area contributed by atoms with Crippen LogP contribution in [0.2, 0.25) is 0 Å². The molecular formula is C14HF29O4. The maximum absolute atomic E-state index is 13.4. The van der Waals surface area contributed by atoms with Crippen molar-refractivity contribution in [2.24, 2.45) is 0 Å². The maximum atomic E-state index is 13.4. The SMILES string of the molecule is OC(F)(F)C(F)(F)C(F)(F)OC(F)(F)C(F)(F)C(F)(F)OC(F)(F)C(F)(F)C(F)(F)OC(F)(F)C(F)(F)C(F)(F)C(F)(F)C(F)(F)F. The first-order valence-corrected chi connectivity index (χ1v) is 9.43. The molecule has 0 atom stereocenters. The molecule has 33 heteroatoms. The van der Waals surface area contributed by atoms with Crippen LogP contribution in [0.1, 0.15) is 0 Å². The van der Waals surface area contributed by atoms with E-state index in [2.05, 4.69) is 0 Å². The molecule has 0 aromatic rings. The van der Waals surface area contributed by atoms with E-state index in [0.29, 0.717) is 0 Å². The zero-order valence-corrected chi connectivity index (χ0v) is 19.6. The van der Waals surface area contributed by atoms with Gasteiger partial charge in [0.1, 0.15) is 0 Å². The number of ether oxygens (including phenoxy) is 3. The van der Waals surface area contributed by atoms with Crippen molar-refractivity contribution < 1.29 is 147 Å². The minimum absolute atomic E-state index is 0.748. The number of aliphatic hydroxyl groups is 1. The number of rotatable bonds is 15. The van der Waals surface area contributed by atoms with E-state index in [-0.39, 0.29) is 0 Å². The summed E-state index contributed by atoms with van der Waals surface area (Å²) >= 11 is 0. The van der Waals surface area contributed by atoms with Gasteiger partial charge in [-0.25, -0.2) is 14.2 Å². The summed E-state index contributed by atoms with van der Waals surface area (Å²) in [6.45, 7) is 0. The highest BCUT2D eigenvalue weighted by atomic mass is 19.4. The van der Waals surface area contributed by atoms with Gasteiger partial charge < -0.3 is 5.11 Å². The van der Waals surface area contributed by atoms with Gasteiger partial charge in [0.25, 0.3) is 0 Å². The van der Waals surface area contributed by atoms with E-state index in [4.69, 9.17) is 5.11 Å². The minimum atomic E-state index is -8.97. The van der Waals surface area contributed by atoms with Gasteiger partial charge in [-0.1, -0.05) is 0 Å². The lowest BCUT2D eigenvalue weighted by Crippen LogP contribution is -2.69. The molecule has 0 saturated heterocycles. The Hall–Kier alpha value is -2.19. The van der Waals surface area contributed by atoms with Crippen LogP contribution in [0, 0.1) is 0 Å². The van der Waals surface area contributed by atoms with Crippen molar-refractivity contribution in [1.29, 1.82) is 0 Å². The molecule has 284 valence electrons. The lowest BCUT2D eigenvalue weighted by molar-refractivity contribution is -0.563. The molecule has 0 radical (unpaired) electrons. The van der Waals surface area contributed by atoms with Crippen molar-refractivity contribution in [2.75, 3.05) is 0 Å². The summed E-state index contributed by atoms with van der Waals surface area (Å²) in [5, 5.41) is 7.47. The molecule has 0 aliphatic carbocycles. The Bertz CT molecular complexity index is 1110. The number of alkyl halides is 29. The molecule has 1 N–H and O–H groups in total. The number of hydrogen-bond acceptors (Lipinski definition) is 4. The fourth-order valence-electron chi connectivity index (χ4n) is 1.94. The van der Waals surface area contributed by atoms with Gasteiger partial charge in [0.2, 0.25) is 0 Å². The topological polar surface area (TPSA) is 47.9 Å². The van der Waals surface area contributed by atoms with Crippen LogP contribution in [0.5, 0.6) is 0 Å². The van der Waals surface area contributed by atoms with E-state index in [0.717, 1.165) is 14.2 Å². The van der Waals surface area contributed by atoms with Gasteiger partial charge in [-0.15, -0.1) is 0 Å². The second-order valence-electron chi connectivity index (χ2n) is 7.89. The van der Waals surface area contributed by atoms with Gasteiger partial charge in [0.05, 0.1) is 0 Å². The third-order valence-corrected chi connectivity index (χ3v) is 4.48. The summed E-state index contributed by atoms with van der Waals surface area (Å²) in [6, 6.07) is 0. The van der Waals surface area contributed by atoms with Gasteiger partial charge >= 0.3 is 84.5 Å². The molecule has 0 fully saturated rings.